The molecule has 2 amide bonds. The van der Waals surface area contributed by atoms with E-state index in [1.54, 1.807) is 30.3 Å². The van der Waals surface area contributed by atoms with Gasteiger partial charge in [0.2, 0.25) is 0 Å². The van der Waals surface area contributed by atoms with Crippen molar-refractivity contribution in [1.82, 2.24) is 0 Å². The van der Waals surface area contributed by atoms with E-state index in [1.807, 2.05) is 0 Å². The highest BCUT2D eigenvalue weighted by Crippen LogP contribution is 2.27. The minimum atomic E-state index is -0.829. The number of nitro groups is 2. The molecule has 0 radical (unpaired) electrons. The average molecular weight is 441 g/mol. The van der Waals surface area contributed by atoms with Crippen LogP contribution in [0.1, 0.15) is 20.7 Å². The van der Waals surface area contributed by atoms with Crippen LogP contribution in [0.4, 0.5) is 22.7 Å². The van der Waals surface area contributed by atoms with Crippen LogP contribution < -0.4 is 10.6 Å². The lowest BCUT2D eigenvalue weighted by atomic mass is 10.1. The van der Waals surface area contributed by atoms with Crippen molar-refractivity contribution in [2.45, 2.75) is 0 Å². The molecule has 10 nitrogen and oxygen atoms in total. The predicted molar refractivity (Wildman–Crippen MR) is 114 cm³/mol. The van der Waals surface area contributed by atoms with Crippen LogP contribution in [0.5, 0.6) is 0 Å². The third-order valence-corrected chi connectivity index (χ3v) is 4.41. The zero-order chi connectivity index (χ0) is 22.5. The topological polar surface area (TPSA) is 144 Å². The van der Waals surface area contributed by atoms with E-state index < -0.39 is 27.1 Å². The molecule has 0 unspecified atom stereocenters. The Morgan fingerprint density at radius 2 is 1.32 bits per heavy atom. The molecule has 0 fully saturated rings. The highest BCUT2D eigenvalue weighted by atomic mass is 35.5. The molecule has 0 aliphatic carbocycles. The summed E-state index contributed by atoms with van der Waals surface area (Å²) in [5.74, 6) is -1.17. The van der Waals surface area contributed by atoms with Gasteiger partial charge >= 0.3 is 0 Å². The molecule has 0 bridgehead atoms. The molecular weight excluding hydrogens is 428 g/mol. The van der Waals surface area contributed by atoms with Gasteiger partial charge in [0.1, 0.15) is 0 Å². The van der Waals surface area contributed by atoms with Crippen LogP contribution in [0.25, 0.3) is 0 Å². The number of amides is 2. The number of anilines is 2. The Hall–Kier alpha value is -4.31. The Balaban J connectivity index is 1.78. The second kappa shape index (κ2) is 9.01. The number of benzene rings is 3. The summed E-state index contributed by atoms with van der Waals surface area (Å²) < 4.78 is 0. The fourth-order valence-corrected chi connectivity index (χ4v) is 2.85. The highest BCUT2D eigenvalue weighted by molar-refractivity contribution is 6.34. The number of carbonyl (C=O) groups is 2. The second-order valence-electron chi connectivity index (χ2n) is 6.22. The van der Waals surface area contributed by atoms with E-state index in [2.05, 4.69) is 10.6 Å². The number of non-ortho nitro benzene ring substituents is 2. The normalized spacial score (nSPS) is 10.2. The fraction of sp³-hybridized carbons (Fsp3) is 0. The Morgan fingerprint density at radius 1 is 0.742 bits per heavy atom. The van der Waals surface area contributed by atoms with Crippen molar-refractivity contribution in [1.29, 1.82) is 0 Å². The molecule has 2 N–H and O–H groups in total. The highest BCUT2D eigenvalue weighted by Gasteiger charge is 2.20. The monoisotopic (exact) mass is 440 g/mol. The number of hydrogen-bond acceptors (Lipinski definition) is 6. The summed E-state index contributed by atoms with van der Waals surface area (Å²) in [6.07, 6.45) is 0. The third kappa shape index (κ3) is 5.19. The predicted octanol–water partition coefficient (Wildman–Crippen LogP) is 4.66. The lowest BCUT2D eigenvalue weighted by molar-refractivity contribution is -0.394. The van der Waals surface area contributed by atoms with Crippen molar-refractivity contribution >= 4 is 46.2 Å². The molecule has 3 aromatic rings. The largest absolute Gasteiger partial charge is 0.322 e. The summed E-state index contributed by atoms with van der Waals surface area (Å²) in [5, 5.41) is 27.2. The smallest absolute Gasteiger partial charge is 0.277 e. The average Bonchev–Trinajstić information content (AvgIpc) is 2.75. The van der Waals surface area contributed by atoms with E-state index >= 15 is 0 Å². The van der Waals surface area contributed by atoms with Crippen LogP contribution in [0.15, 0.2) is 66.7 Å². The van der Waals surface area contributed by atoms with Crippen LogP contribution in [0.3, 0.4) is 0 Å². The van der Waals surface area contributed by atoms with Gasteiger partial charge in [0.15, 0.2) is 0 Å². The lowest BCUT2D eigenvalue weighted by Gasteiger charge is -2.10. The first-order valence-electron chi connectivity index (χ1n) is 8.66. The van der Waals surface area contributed by atoms with Gasteiger partial charge in [-0.25, -0.2) is 0 Å². The number of nitro benzene ring substituents is 2. The SMILES string of the molecule is O=C(Nc1ccc(NC(=O)c2ccccc2)c(Cl)c1)c1cc([N+](=O)[O-])cc([N+](=O)[O-])c1. The van der Waals surface area contributed by atoms with Crippen LogP contribution in [-0.2, 0) is 0 Å². The zero-order valence-corrected chi connectivity index (χ0v) is 16.3. The molecule has 0 spiro atoms. The number of nitrogens with one attached hydrogen (secondary N) is 2. The first-order chi connectivity index (χ1) is 14.7. The van der Waals surface area contributed by atoms with E-state index in [4.69, 9.17) is 11.6 Å². The van der Waals surface area contributed by atoms with Gasteiger partial charge in [0, 0.05) is 23.4 Å². The number of rotatable bonds is 6. The van der Waals surface area contributed by atoms with Gasteiger partial charge in [-0.2, -0.15) is 0 Å². The van der Waals surface area contributed by atoms with Gasteiger partial charge in [-0.05, 0) is 30.3 Å². The van der Waals surface area contributed by atoms with E-state index in [0.29, 0.717) is 11.3 Å². The molecule has 31 heavy (non-hydrogen) atoms. The number of halogens is 1. The first-order valence-corrected chi connectivity index (χ1v) is 9.03. The maximum Gasteiger partial charge on any atom is 0.277 e. The fourth-order valence-electron chi connectivity index (χ4n) is 2.62. The van der Waals surface area contributed by atoms with Crippen molar-refractivity contribution in [3.8, 4) is 0 Å². The van der Waals surface area contributed by atoms with Gasteiger partial charge in [0.25, 0.3) is 23.2 Å². The lowest BCUT2D eigenvalue weighted by Crippen LogP contribution is -2.14. The van der Waals surface area contributed by atoms with Crippen molar-refractivity contribution in [2.24, 2.45) is 0 Å². The molecule has 0 aliphatic rings. The number of hydrogen-bond donors (Lipinski definition) is 2. The molecule has 11 heteroatoms. The molecule has 156 valence electrons. The summed E-state index contributed by atoms with van der Waals surface area (Å²) in [7, 11) is 0. The van der Waals surface area contributed by atoms with Gasteiger partial charge in [-0.3, -0.25) is 29.8 Å². The first kappa shape index (κ1) is 21.4. The van der Waals surface area contributed by atoms with Crippen LogP contribution in [0.2, 0.25) is 5.02 Å². The maximum atomic E-state index is 12.5. The Morgan fingerprint density at radius 3 is 1.87 bits per heavy atom. The number of carbonyl (C=O) groups excluding carboxylic acids is 2. The minimum Gasteiger partial charge on any atom is -0.322 e. The van der Waals surface area contributed by atoms with Crippen molar-refractivity contribution in [3.05, 3.63) is 103 Å². The molecule has 0 aliphatic heterocycles. The van der Waals surface area contributed by atoms with Crippen LogP contribution in [-0.4, -0.2) is 21.7 Å². The van der Waals surface area contributed by atoms with Gasteiger partial charge < -0.3 is 10.6 Å². The molecular formula is C20H13ClN4O6. The molecule has 3 rings (SSSR count). The second-order valence-corrected chi connectivity index (χ2v) is 6.63. The molecule has 0 heterocycles. The number of nitrogens with zero attached hydrogens (tertiary/aromatic N) is 2. The molecule has 0 atom stereocenters. The summed E-state index contributed by atoms with van der Waals surface area (Å²) in [4.78, 5) is 45.0. The quantitative estimate of drug-likeness (QED) is 0.421. The van der Waals surface area contributed by atoms with Crippen molar-refractivity contribution in [2.75, 3.05) is 10.6 Å². The van der Waals surface area contributed by atoms with E-state index in [0.717, 1.165) is 18.2 Å². The summed E-state index contributed by atoms with van der Waals surface area (Å²) in [6, 6.07) is 15.4. The van der Waals surface area contributed by atoms with E-state index in [-0.39, 0.29) is 22.2 Å². The van der Waals surface area contributed by atoms with E-state index in [9.17, 15) is 29.8 Å². The van der Waals surface area contributed by atoms with Crippen LogP contribution >= 0.6 is 11.6 Å². The van der Waals surface area contributed by atoms with Gasteiger partial charge in [0.05, 0.1) is 32.2 Å². The molecule has 0 saturated carbocycles. The van der Waals surface area contributed by atoms with Crippen molar-refractivity contribution < 1.29 is 19.4 Å². The Bertz CT molecular complexity index is 1170. The van der Waals surface area contributed by atoms with Crippen LogP contribution in [0, 0.1) is 20.2 Å². The summed E-state index contributed by atoms with van der Waals surface area (Å²) in [6.45, 7) is 0. The van der Waals surface area contributed by atoms with Crippen molar-refractivity contribution in [3.63, 3.8) is 0 Å². The zero-order valence-electron chi connectivity index (χ0n) is 15.6. The Labute approximate surface area is 179 Å². The van der Waals surface area contributed by atoms with Gasteiger partial charge in [-0.1, -0.05) is 29.8 Å². The minimum absolute atomic E-state index is 0.132. The van der Waals surface area contributed by atoms with Gasteiger partial charge in [-0.15, -0.1) is 0 Å². The third-order valence-electron chi connectivity index (χ3n) is 4.10. The summed E-state index contributed by atoms with van der Waals surface area (Å²) >= 11 is 6.18. The molecule has 0 saturated heterocycles. The molecule has 3 aromatic carbocycles. The standard InChI is InChI=1S/C20H13ClN4O6/c21-17-10-14(6-7-18(17)23-19(26)12-4-2-1-3-5-12)22-20(27)13-8-15(24(28)29)11-16(9-13)25(30)31/h1-11H,(H,22,27)(H,23,26). The molecule has 0 aromatic heterocycles. The Kier molecular flexibility index (Phi) is 6.22. The van der Waals surface area contributed by atoms with E-state index in [1.165, 1.54) is 18.2 Å². The summed E-state index contributed by atoms with van der Waals surface area (Å²) in [5.41, 5.74) is -0.476. The maximum absolute atomic E-state index is 12.5.